The van der Waals surface area contributed by atoms with Crippen molar-refractivity contribution in [1.29, 1.82) is 0 Å². The molecule has 0 aliphatic rings. The Balaban J connectivity index is 1.58. The Morgan fingerprint density at radius 2 is 1.42 bits per heavy atom. The molecular weight excluding hydrogens is 435 g/mol. The van der Waals surface area contributed by atoms with Crippen LogP contribution in [-0.2, 0) is 0 Å². The number of amides is 2. The molecule has 2 N–H and O–H groups in total. The van der Waals surface area contributed by atoms with Crippen molar-refractivity contribution in [2.75, 3.05) is 17.2 Å². The molecule has 0 aromatic heterocycles. The fourth-order valence-corrected chi connectivity index (χ4v) is 3.17. The lowest BCUT2D eigenvalue weighted by Gasteiger charge is -2.10. The molecule has 0 aliphatic carbocycles. The number of carbonyl (C=O) groups excluding carboxylic acids is 2. The summed E-state index contributed by atoms with van der Waals surface area (Å²) in [5, 5.41) is 6.32. The molecule has 0 bridgehead atoms. The van der Waals surface area contributed by atoms with E-state index in [1.54, 1.807) is 60.7 Å². The van der Waals surface area contributed by atoms with Crippen LogP contribution in [0.15, 0.2) is 66.7 Å². The van der Waals surface area contributed by atoms with Crippen LogP contribution in [0.4, 0.5) is 11.4 Å². The van der Waals surface area contributed by atoms with Gasteiger partial charge in [-0.1, -0.05) is 37.0 Å². The topological polar surface area (TPSA) is 67.4 Å². The van der Waals surface area contributed by atoms with Gasteiger partial charge in [-0.25, -0.2) is 0 Å². The van der Waals surface area contributed by atoms with Crippen molar-refractivity contribution in [3.8, 4) is 5.75 Å². The summed E-state index contributed by atoms with van der Waals surface area (Å²) >= 11 is 11.9. The molecule has 3 rings (SSSR count). The number of halogens is 2. The van der Waals surface area contributed by atoms with Gasteiger partial charge in [0, 0.05) is 22.0 Å². The predicted octanol–water partition coefficient (Wildman–Crippen LogP) is 6.53. The zero-order chi connectivity index (χ0) is 22.4. The maximum Gasteiger partial charge on any atom is 0.257 e. The van der Waals surface area contributed by atoms with E-state index in [1.807, 2.05) is 0 Å². The monoisotopic (exact) mass is 456 g/mol. The highest BCUT2D eigenvalue weighted by molar-refractivity contribution is 6.37. The van der Waals surface area contributed by atoms with E-state index >= 15 is 0 Å². The molecule has 0 unspecified atom stereocenters. The molecule has 160 valence electrons. The maximum absolute atomic E-state index is 12.5. The smallest absolute Gasteiger partial charge is 0.257 e. The first kappa shape index (κ1) is 22.7. The Hall–Kier alpha value is -3.02. The Morgan fingerprint density at radius 1 is 0.839 bits per heavy atom. The van der Waals surface area contributed by atoms with Crippen LogP contribution in [0.5, 0.6) is 5.75 Å². The van der Waals surface area contributed by atoms with Gasteiger partial charge >= 0.3 is 0 Å². The van der Waals surface area contributed by atoms with Gasteiger partial charge < -0.3 is 15.4 Å². The van der Waals surface area contributed by atoms with Crippen molar-refractivity contribution in [3.63, 3.8) is 0 Å². The SMILES string of the molecule is CC(C)COc1ccc(C(=O)Nc2ccc(NC(=O)c3ccc(Cl)cc3Cl)cc2)cc1. The van der Waals surface area contributed by atoms with Crippen LogP contribution in [0, 0.1) is 5.92 Å². The third-order valence-electron chi connectivity index (χ3n) is 4.28. The van der Waals surface area contributed by atoms with Crippen LogP contribution < -0.4 is 15.4 Å². The summed E-state index contributed by atoms with van der Waals surface area (Å²) in [6.45, 7) is 4.77. The molecule has 7 heteroatoms. The van der Waals surface area contributed by atoms with E-state index in [1.165, 1.54) is 6.07 Å². The molecule has 0 heterocycles. The third-order valence-corrected chi connectivity index (χ3v) is 4.82. The molecule has 0 saturated carbocycles. The van der Waals surface area contributed by atoms with Crippen LogP contribution in [0.3, 0.4) is 0 Å². The van der Waals surface area contributed by atoms with Crippen molar-refractivity contribution in [3.05, 3.63) is 87.9 Å². The highest BCUT2D eigenvalue weighted by Gasteiger charge is 2.12. The van der Waals surface area contributed by atoms with Gasteiger partial charge in [0.2, 0.25) is 0 Å². The van der Waals surface area contributed by atoms with Crippen LogP contribution >= 0.6 is 23.2 Å². The lowest BCUT2D eigenvalue weighted by molar-refractivity contribution is 0.101. The van der Waals surface area contributed by atoms with Gasteiger partial charge in [0.15, 0.2) is 0 Å². The first-order valence-electron chi connectivity index (χ1n) is 9.72. The van der Waals surface area contributed by atoms with E-state index in [-0.39, 0.29) is 16.8 Å². The number of benzene rings is 3. The van der Waals surface area contributed by atoms with Crippen LogP contribution in [-0.4, -0.2) is 18.4 Å². The summed E-state index contributed by atoms with van der Waals surface area (Å²) in [7, 11) is 0. The fourth-order valence-electron chi connectivity index (χ4n) is 2.68. The number of nitrogens with one attached hydrogen (secondary N) is 2. The van der Waals surface area contributed by atoms with Crippen LogP contribution in [0.2, 0.25) is 10.0 Å². The van der Waals surface area contributed by atoms with Crippen LogP contribution in [0.1, 0.15) is 34.6 Å². The fraction of sp³-hybridized carbons (Fsp3) is 0.167. The largest absolute Gasteiger partial charge is 0.493 e. The molecule has 2 amide bonds. The highest BCUT2D eigenvalue weighted by atomic mass is 35.5. The average Bonchev–Trinajstić information content (AvgIpc) is 2.74. The highest BCUT2D eigenvalue weighted by Crippen LogP contribution is 2.23. The number of ether oxygens (including phenoxy) is 1. The Morgan fingerprint density at radius 3 is 1.97 bits per heavy atom. The van der Waals surface area contributed by atoms with Gasteiger partial charge in [0.25, 0.3) is 11.8 Å². The van der Waals surface area contributed by atoms with E-state index in [0.29, 0.717) is 40.0 Å². The minimum absolute atomic E-state index is 0.236. The van der Waals surface area contributed by atoms with Crippen molar-refractivity contribution in [2.24, 2.45) is 5.92 Å². The molecule has 31 heavy (non-hydrogen) atoms. The van der Waals surface area contributed by atoms with E-state index in [0.717, 1.165) is 5.75 Å². The van der Waals surface area contributed by atoms with E-state index in [2.05, 4.69) is 24.5 Å². The third kappa shape index (κ3) is 6.48. The average molecular weight is 457 g/mol. The van der Waals surface area contributed by atoms with Gasteiger partial charge in [0.1, 0.15) is 5.75 Å². The summed E-state index contributed by atoms with van der Waals surface area (Å²) in [4.78, 5) is 24.8. The summed E-state index contributed by atoms with van der Waals surface area (Å²) in [5.41, 5.74) is 2.02. The Labute approximate surface area is 191 Å². The minimum atomic E-state index is -0.349. The molecule has 0 radical (unpaired) electrons. The molecule has 0 atom stereocenters. The second kappa shape index (κ2) is 10.3. The zero-order valence-corrected chi connectivity index (χ0v) is 18.6. The second-order valence-electron chi connectivity index (χ2n) is 7.34. The molecule has 3 aromatic rings. The quantitative estimate of drug-likeness (QED) is 0.424. The predicted molar refractivity (Wildman–Crippen MR) is 126 cm³/mol. The lowest BCUT2D eigenvalue weighted by atomic mass is 10.2. The molecule has 0 aliphatic heterocycles. The summed E-state index contributed by atoms with van der Waals surface area (Å²) in [6.07, 6.45) is 0. The van der Waals surface area contributed by atoms with Gasteiger partial charge in [-0.2, -0.15) is 0 Å². The van der Waals surface area contributed by atoms with Crippen molar-refractivity contribution in [2.45, 2.75) is 13.8 Å². The number of hydrogen-bond acceptors (Lipinski definition) is 3. The second-order valence-corrected chi connectivity index (χ2v) is 8.18. The normalized spacial score (nSPS) is 10.6. The van der Waals surface area contributed by atoms with E-state index < -0.39 is 0 Å². The summed E-state index contributed by atoms with van der Waals surface area (Å²) in [5.74, 6) is 0.573. The van der Waals surface area contributed by atoms with Gasteiger partial charge in [-0.05, 0) is 72.6 Å². The van der Waals surface area contributed by atoms with Gasteiger partial charge in [-0.15, -0.1) is 0 Å². The number of rotatable bonds is 7. The first-order chi connectivity index (χ1) is 14.8. The van der Waals surface area contributed by atoms with Crippen molar-refractivity contribution in [1.82, 2.24) is 0 Å². The number of carbonyl (C=O) groups is 2. The molecule has 3 aromatic carbocycles. The van der Waals surface area contributed by atoms with Gasteiger partial charge in [0.05, 0.1) is 17.2 Å². The Kier molecular flexibility index (Phi) is 7.55. The minimum Gasteiger partial charge on any atom is -0.493 e. The Bertz CT molecular complexity index is 1070. The van der Waals surface area contributed by atoms with Crippen molar-refractivity contribution < 1.29 is 14.3 Å². The first-order valence-corrected chi connectivity index (χ1v) is 10.5. The van der Waals surface area contributed by atoms with Crippen LogP contribution in [0.25, 0.3) is 0 Å². The van der Waals surface area contributed by atoms with Gasteiger partial charge in [-0.3, -0.25) is 9.59 Å². The summed E-state index contributed by atoms with van der Waals surface area (Å²) in [6, 6.07) is 18.5. The van der Waals surface area contributed by atoms with Crippen molar-refractivity contribution >= 4 is 46.4 Å². The number of anilines is 2. The van der Waals surface area contributed by atoms with E-state index in [4.69, 9.17) is 27.9 Å². The molecule has 5 nitrogen and oxygen atoms in total. The molecular formula is C24H22Cl2N2O3. The maximum atomic E-state index is 12.5. The molecule has 0 fully saturated rings. The molecule has 0 spiro atoms. The standard InChI is InChI=1S/C24H22Cl2N2O3/c1-15(2)14-31-20-10-3-16(4-11-20)23(29)27-18-6-8-19(9-7-18)28-24(30)21-12-5-17(25)13-22(21)26/h3-13,15H,14H2,1-2H3,(H,27,29)(H,28,30). The summed E-state index contributed by atoms with van der Waals surface area (Å²) < 4.78 is 5.63. The lowest BCUT2D eigenvalue weighted by Crippen LogP contribution is -2.13. The zero-order valence-electron chi connectivity index (χ0n) is 17.1. The van der Waals surface area contributed by atoms with E-state index in [9.17, 15) is 9.59 Å². The number of hydrogen-bond donors (Lipinski definition) is 2. The molecule has 0 saturated heterocycles.